The fraction of sp³-hybridized carbons (Fsp3) is 0.200. The van der Waals surface area contributed by atoms with Crippen molar-refractivity contribution in [3.05, 3.63) is 24.1 Å². The van der Waals surface area contributed by atoms with Crippen LogP contribution < -0.4 is 0 Å². The minimum absolute atomic E-state index is 0.0133. The predicted molar refractivity (Wildman–Crippen MR) is 58.5 cm³/mol. The van der Waals surface area contributed by atoms with Gasteiger partial charge in [0, 0.05) is 23.9 Å². The molecule has 0 saturated carbocycles. The van der Waals surface area contributed by atoms with E-state index in [-0.39, 0.29) is 16.4 Å². The summed E-state index contributed by atoms with van der Waals surface area (Å²) >= 11 is 0. The summed E-state index contributed by atoms with van der Waals surface area (Å²) in [5.41, 5.74) is 0.192. The molecule has 0 N–H and O–H groups in total. The van der Waals surface area contributed by atoms with Crippen LogP contribution in [0.15, 0.2) is 27.6 Å². The maximum Gasteiger partial charge on any atom is 0.374 e. The highest BCUT2D eigenvalue weighted by Gasteiger charge is 2.15. The average Bonchev–Trinajstić information content (AvgIpc) is 2.69. The molecule has 0 bridgehead atoms. The number of hydrogen-bond acceptors (Lipinski definition) is 6. The number of carbonyl (C=O) groups excluding carboxylic acids is 1. The molecule has 2 heterocycles. The third-order valence-corrected chi connectivity index (χ3v) is 3.24. The molecule has 0 aromatic carbocycles. The van der Waals surface area contributed by atoms with Crippen LogP contribution in [0.1, 0.15) is 10.6 Å². The number of methoxy groups -OCH3 is 1. The van der Waals surface area contributed by atoms with Gasteiger partial charge >= 0.3 is 5.97 Å². The lowest BCUT2D eigenvalue weighted by atomic mass is 10.3. The molecular weight excluding hydrogens is 246 g/mol. The Labute approximate surface area is 97.1 Å². The highest BCUT2D eigenvalue weighted by atomic mass is 32.2. The Morgan fingerprint density at radius 2 is 2.12 bits per heavy atom. The molecule has 0 fully saturated rings. The number of furan rings is 1. The molecule has 0 aliphatic carbocycles. The zero-order chi connectivity index (χ0) is 12.6. The molecule has 0 radical (unpaired) electrons. The number of esters is 1. The van der Waals surface area contributed by atoms with Gasteiger partial charge in [0.15, 0.2) is 9.84 Å². The van der Waals surface area contributed by atoms with E-state index >= 15 is 0 Å². The third kappa shape index (κ3) is 2.14. The summed E-state index contributed by atoms with van der Waals surface area (Å²) in [4.78, 5) is 15.1. The molecule has 0 spiro atoms. The molecule has 0 unspecified atom stereocenters. The SMILES string of the molecule is COC(=O)c1cc2cc(S(C)(=O)=O)cnc2o1. The molecule has 17 heavy (non-hydrogen) atoms. The molecule has 0 amide bonds. The zero-order valence-electron chi connectivity index (χ0n) is 9.13. The summed E-state index contributed by atoms with van der Waals surface area (Å²) in [6.45, 7) is 0. The normalized spacial score (nSPS) is 11.6. The van der Waals surface area contributed by atoms with Crippen molar-refractivity contribution < 1.29 is 22.4 Å². The lowest BCUT2D eigenvalue weighted by Crippen LogP contribution is -1.97. The van der Waals surface area contributed by atoms with Crippen LogP contribution in [0.4, 0.5) is 0 Å². The number of nitrogens with zero attached hydrogens (tertiary/aromatic N) is 1. The van der Waals surface area contributed by atoms with Gasteiger partial charge in [-0.2, -0.15) is 0 Å². The van der Waals surface area contributed by atoms with Gasteiger partial charge in [-0.05, 0) is 6.07 Å². The lowest BCUT2D eigenvalue weighted by molar-refractivity contribution is 0.0567. The molecule has 0 aliphatic rings. The van der Waals surface area contributed by atoms with Crippen molar-refractivity contribution in [2.45, 2.75) is 4.90 Å². The first kappa shape index (κ1) is 11.6. The summed E-state index contributed by atoms with van der Waals surface area (Å²) < 4.78 is 32.2. The maximum absolute atomic E-state index is 11.3. The number of sulfone groups is 1. The van der Waals surface area contributed by atoms with E-state index in [1.54, 1.807) is 0 Å². The standard InChI is InChI=1S/C10H9NO5S/c1-15-10(12)8-4-6-3-7(17(2,13)14)5-11-9(6)16-8/h3-5H,1-2H3. The van der Waals surface area contributed by atoms with Crippen LogP contribution in [0, 0.1) is 0 Å². The van der Waals surface area contributed by atoms with Crippen LogP contribution >= 0.6 is 0 Å². The molecule has 0 atom stereocenters. The fourth-order valence-electron chi connectivity index (χ4n) is 1.32. The van der Waals surface area contributed by atoms with E-state index in [1.807, 2.05) is 0 Å². The van der Waals surface area contributed by atoms with Gasteiger partial charge in [-0.1, -0.05) is 0 Å². The molecule has 0 aliphatic heterocycles. The number of rotatable bonds is 2. The van der Waals surface area contributed by atoms with Crippen LogP contribution in [0.25, 0.3) is 11.1 Å². The van der Waals surface area contributed by atoms with Gasteiger partial charge in [-0.15, -0.1) is 0 Å². The summed E-state index contributed by atoms with van der Waals surface area (Å²) in [5.74, 6) is -0.649. The molecule has 7 heteroatoms. The first-order valence-electron chi connectivity index (χ1n) is 4.60. The Balaban J connectivity index is 2.60. The number of fused-ring (bicyclic) bond motifs is 1. The largest absolute Gasteiger partial charge is 0.463 e. The number of carbonyl (C=O) groups is 1. The van der Waals surface area contributed by atoms with Gasteiger partial charge in [-0.3, -0.25) is 0 Å². The Morgan fingerprint density at radius 1 is 1.41 bits per heavy atom. The van der Waals surface area contributed by atoms with E-state index < -0.39 is 15.8 Å². The molecule has 90 valence electrons. The second kappa shape index (κ2) is 3.85. The Hall–Kier alpha value is -1.89. The second-order valence-corrected chi connectivity index (χ2v) is 5.46. The molecule has 2 aromatic rings. The number of pyridine rings is 1. The monoisotopic (exact) mass is 255 g/mol. The van der Waals surface area contributed by atoms with Gasteiger partial charge in [0.1, 0.15) is 0 Å². The fourth-order valence-corrected chi connectivity index (χ4v) is 1.90. The van der Waals surface area contributed by atoms with Crippen molar-refractivity contribution in [2.24, 2.45) is 0 Å². The topological polar surface area (TPSA) is 86.5 Å². The van der Waals surface area contributed by atoms with E-state index in [0.29, 0.717) is 5.39 Å². The van der Waals surface area contributed by atoms with Crippen molar-refractivity contribution in [1.29, 1.82) is 0 Å². The highest BCUT2D eigenvalue weighted by Crippen LogP contribution is 2.20. The molecule has 2 rings (SSSR count). The van der Waals surface area contributed by atoms with Gasteiger partial charge in [0.25, 0.3) is 0 Å². The summed E-state index contributed by atoms with van der Waals surface area (Å²) in [6.07, 6.45) is 2.26. The zero-order valence-corrected chi connectivity index (χ0v) is 9.95. The number of ether oxygens (including phenoxy) is 1. The Morgan fingerprint density at radius 3 is 2.71 bits per heavy atom. The van der Waals surface area contributed by atoms with Crippen molar-refractivity contribution >= 4 is 26.9 Å². The predicted octanol–water partition coefficient (Wildman–Crippen LogP) is 1.02. The van der Waals surface area contributed by atoms with Gasteiger partial charge in [0.2, 0.25) is 11.5 Å². The summed E-state index contributed by atoms with van der Waals surface area (Å²) in [6, 6.07) is 2.79. The lowest BCUT2D eigenvalue weighted by Gasteiger charge is -1.95. The van der Waals surface area contributed by atoms with Crippen LogP contribution in [-0.2, 0) is 14.6 Å². The Bertz CT molecular complexity index is 686. The van der Waals surface area contributed by atoms with Gasteiger partial charge in [0.05, 0.1) is 12.0 Å². The van der Waals surface area contributed by atoms with Crippen molar-refractivity contribution in [1.82, 2.24) is 4.98 Å². The van der Waals surface area contributed by atoms with Crippen molar-refractivity contribution in [2.75, 3.05) is 13.4 Å². The van der Waals surface area contributed by atoms with Crippen LogP contribution in [0.5, 0.6) is 0 Å². The smallest absolute Gasteiger partial charge is 0.374 e. The van der Waals surface area contributed by atoms with E-state index in [2.05, 4.69) is 9.72 Å². The minimum Gasteiger partial charge on any atom is -0.463 e. The summed E-state index contributed by atoms with van der Waals surface area (Å²) in [5, 5.41) is 0.438. The first-order valence-corrected chi connectivity index (χ1v) is 6.49. The quantitative estimate of drug-likeness (QED) is 0.744. The Kier molecular flexibility index (Phi) is 2.62. The minimum atomic E-state index is -3.33. The molecule has 2 aromatic heterocycles. The van der Waals surface area contributed by atoms with Gasteiger partial charge in [-0.25, -0.2) is 18.2 Å². The van der Waals surface area contributed by atoms with E-state index in [1.165, 1.54) is 25.4 Å². The van der Waals surface area contributed by atoms with E-state index in [9.17, 15) is 13.2 Å². The molecule has 6 nitrogen and oxygen atoms in total. The number of aromatic nitrogens is 1. The first-order chi connectivity index (χ1) is 7.91. The summed E-state index contributed by atoms with van der Waals surface area (Å²) in [7, 11) is -2.10. The number of hydrogen-bond donors (Lipinski definition) is 0. The maximum atomic E-state index is 11.3. The highest BCUT2D eigenvalue weighted by molar-refractivity contribution is 7.90. The van der Waals surface area contributed by atoms with Crippen LogP contribution in [0.2, 0.25) is 0 Å². The van der Waals surface area contributed by atoms with Gasteiger partial charge < -0.3 is 9.15 Å². The van der Waals surface area contributed by atoms with Crippen LogP contribution in [0.3, 0.4) is 0 Å². The van der Waals surface area contributed by atoms with Crippen LogP contribution in [-0.4, -0.2) is 32.7 Å². The third-order valence-electron chi connectivity index (χ3n) is 2.16. The van der Waals surface area contributed by atoms with E-state index in [4.69, 9.17) is 4.42 Å². The van der Waals surface area contributed by atoms with Crippen molar-refractivity contribution in [3.63, 3.8) is 0 Å². The molecular formula is C10H9NO5S. The molecule has 0 saturated heterocycles. The average molecular weight is 255 g/mol. The van der Waals surface area contributed by atoms with E-state index in [0.717, 1.165) is 6.26 Å². The van der Waals surface area contributed by atoms with Crippen molar-refractivity contribution in [3.8, 4) is 0 Å². The second-order valence-electron chi connectivity index (χ2n) is 3.44.